The molecule has 0 radical (unpaired) electrons. The van der Waals surface area contributed by atoms with Gasteiger partial charge in [0, 0.05) is 38.1 Å². The van der Waals surface area contributed by atoms with Gasteiger partial charge in [-0.15, -0.1) is 0 Å². The van der Waals surface area contributed by atoms with E-state index >= 15 is 0 Å². The second-order valence-electron chi connectivity index (χ2n) is 4.06. The summed E-state index contributed by atoms with van der Waals surface area (Å²) in [5.74, 6) is 0. The molecule has 1 aliphatic rings. The molecule has 0 aromatic rings. The van der Waals surface area contributed by atoms with Crippen molar-refractivity contribution in [3.05, 3.63) is 11.5 Å². The van der Waals surface area contributed by atoms with E-state index in [9.17, 15) is 8.42 Å². The van der Waals surface area contributed by atoms with Crippen LogP contribution in [-0.4, -0.2) is 51.3 Å². The van der Waals surface area contributed by atoms with Gasteiger partial charge in [0.15, 0.2) is 9.84 Å². The molecule has 0 aliphatic carbocycles. The van der Waals surface area contributed by atoms with Crippen molar-refractivity contribution >= 4 is 9.84 Å². The van der Waals surface area contributed by atoms with Gasteiger partial charge in [-0.05, 0) is 13.8 Å². The lowest BCUT2D eigenvalue weighted by Crippen LogP contribution is -2.43. The molecule has 5 heteroatoms. The topological polar surface area (TPSA) is 49.4 Å². The Labute approximate surface area is 92.3 Å². The number of hydrogen-bond acceptors (Lipinski definition) is 4. The van der Waals surface area contributed by atoms with Crippen molar-refractivity contribution in [3.8, 4) is 0 Å². The summed E-state index contributed by atoms with van der Waals surface area (Å²) in [5, 5.41) is 4.28. The van der Waals surface area contributed by atoms with Gasteiger partial charge >= 0.3 is 0 Å². The zero-order chi connectivity index (χ0) is 11.3. The first-order valence-electron chi connectivity index (χ1n) is 5.36. The minimum absolute atomic E-state index is 0.322. The first-order chi connectivity index (χ1) is 7.02. The minimum atomic E-state index is -3.02. The predicted molar refractivity (Wildman–Crippen MR) is 62.5 cm³/mol. The number of piperazine rings is 1. The van der Waals surface area contributed by atoms with Crippen LogP contribution >= 0.6 is 0 Å². The number of nitrogens with zero attached hydrogens (tertiary/aromatic N) is 1. The fourth-order valence-corrected chi connectivity index (χ4v) is 2.05. The summed E-state index contributed by atoms with van der Waals surface area (Å²) in [6.45, 7) is 8.09. The van der Waals surface area contributed by atoms with Crippen molar-refractivity contribution in [3.63, 3.8) is 0 Å². The molecule has 1 aliphatic heterocycles. The first-order valence-corrected chi connectivity index (χ1v) is 6.97. The summed E-state index contributed by atoms with van der Waals surface area (Å²) in [6.07, 6.45) is 1.75. The molecule has 0 saturated carbocycles. The Morgan fingerprint density at radius 1 is 1.33 bits per heavy atom. The number of rotatable bonds is 4. The van der Waals surface area contributed by atoms with Crippen LogP contribution in [0.4, 0.5) is 0 Å². The Hall–Kier alpha value is -0.390. The maximum atomic E-state index is 11.5. The molecule has 0 atom stereocenters. The quantitative estimate of drug-likeness (QED) is 0.754. The van der Waals surface area contributed by atoms with Gasteiger partial charge in [-0.3, -0.25) is 4.90 Å². The molecule has 4 nitrogen and oxygen atoms in total. The fourth-order valence-electron chi connectivity index (χ4n) is 1.38. The SMILES string of the molecule is CC(C)S(=O)(=O)/C=C/CN1CCNCC1. The molecule has 1 heterocycles. The Bertz CT molecular complexity index is 303. The van der Waals surface area contributed by atoms with Gasteiger partial charge < -0.3 is 5.32 Å². The lowest BCUT2D eigenvalue weighted by molar-refractivity contribution is 0.265. The summed E-state index contributed by atoms with van der Waals surface area (Å²) in [6, 6.07) is 0. The van der Waals surface area contributed by atoms with E-state index in [2.05, 4.69) is 10.2 Å². The highest BCUT2D eigenvalue weighted by molar-refractivity contribution is 7.94. The van der Waals surface area contributed by atoms with Crippen molar-refractivity contribution in [2.24, 2.45) is 0 Å². The van der Waals surface area contributed by atoms with Crippen molar-refractivity contribution in [1.29, 1.82) is 0 Å². The Morgan fingerprint density at radius 2 is 1.93 bits per heavy atom. The molecule has 15 heavy (non-hydrogen) atoms. The summed E-state index contributed by atoms with van der Waals surface area (Å²) in [5.41, 5.74) is 0. The van der Waals surface area contributed by atoms with Gasteiger partial charge in [-0.25, -0.2) is 8.42 Å². The van der Waals surface area contributed by atoms with Crippen LogP contribution < -0.4 is 5.32 Å². The zero-order valence-corrected chi connectivity index (χ0v) is 10.3. The van der Waals surface area contributed by atoms with Gasteiger partial charge in [0.1, 0.15) is 0 Å². The number of sulfone groups is 1. The molecule has 88 valence electrons. The Kier molecular flexibility index (Phi) is 4.76. The van der Waals surface area contributed by atoms with Crippen LogP contribution in [0.25, 0.3) is 0 Å². The van der Waals surface area contributed by atoms with E-state index in [0.717, 1.165) is 32.7 Å². The maximum absolute atomic E-state index is 11.5. The second-order valence-corrected chi connectivity index (χ2v) is 6.45. The maximum Gasteiger partial charge on any atom is 0.173 e. The van der Waals surface area contributed by atoms with E-state index < -0.39 is 9.84 Å². The van der Waals surface area contributed by atoms with Crippen LogP contribution in [0.2, 0.25) is 0 Å². The molecule has 0 unspecified atom stereocenters. The molecule has 0 aromatic heterocycles. The van der Waals surface area contributed by atoms with Crippen molar-refractivity contribution in [2.45, 2.75) is 19.1 Å². The van der Waals surface area contributed by atoms with Crippen molar-refractivity contribution in [1.82, 2.24) is 10.2 Å². The average Bonchev–Trinajstić information content (AvgIpc) is 2.19. The van der Waals surface area contributed by atoms with Gasteiger partial charge in [0.2, 0.25) is 0 Å². The Morgan fingerprint density at radius 3 is 2.47 bits per heavy atom. The normalized spacial score (nSPS) is 20.2. The van der Waals surface area contributed by atoms with E-state index in [-0.39, 0.29) is 5.25 Å². The van der Waals surface area contributed by atoms with Crippen molar-refractivity contribution < 1.29 is 8.42 Å². The smallest absolute Gasteiger partial charge is 0.173 e. The lowest BCUT2D eigenvalue weighted by Gasteiger charge is -2.25. The van der Waals surface area contributed by atoms with Crippen molar-refractivity contribution in [2.75, 3.05) is 32.7 Å². The molecular weight excluding hydrogens is 212 g/mol. The van der Waals surface area contributed by atoms with E-state index in [1.165, 1.54) is 5.41 Å². The number of hydrogen-bond donors (Lipinski definition) is 1. The standard InChI is InChI=1S/C10H20N2O2S/c1-10(2)15(13,14)9-3-6-12-7-4-11-5-8-12/h3,9-11H,4-8H2,1-2H3/b9-3+. The molecule has 1 fully saturated rings. The third-order valence-corrected chi connectivity index (χ3v) is 4.40. The largest absolute Gasteiger partial charge is 0.314 e. The highest BCUT2D eigenvalue weighted by Gasteiger charge is 2.12. The Balaban J connectivity index is 2.38. The van der Waals surface area contributed by atoms with Crippen LogP contribution in [0.3, 0.4) is 0 Å². The minimum Gasteiger partial charge on any atom is -0.314 e. The first kappa shape index (κ1) is 12.7. The summed E-state index contributed by atoms with van der Waals surface area (Å²) in [7, 11) is -3.02. The summed E-state index contributed by atoms with van der Waals surface area (Å²) >= 11 is 0. The fraction of sp³-hybridized carbons (Fsp3) is 0.800. The van der Waals surface area contributed by atoms with Gasteiger partial charge in [0.25, 0.3) is 0 Å². The second kappa shape index (κ2) is 5.63. The van der Waals surface area contributed by atoms with Crippen LogP contribution in [0.5, 0.6) is 0 Å². The predicted octanol–water partition coefficient (Wildman–Crippen LogP) is 0.229. The molecule has 0 spiro atoms. The average molecular weight is 232 g/mol. The summed E-state index contributed by atoms with van der Waals surface area (Å²) < 4.78 is 22.9. The molecule has 0 amide bonds. The molecule has 0 aromatic carbocycles. The van der Waals surface area contributed by atoms with E-state index in [1.54, 1.807) is 19.9 Å². The molecular formula is C10H20N2O2S. The summed E-state index contributed by atoms with van der Waals surface area (Å²) in [4.78, 5) is 2.24. The third kappa shape index (κ3) is 4.32. The van der Waals surface area contributed by atoms with Crippen LogP contribution in [0, 0.1) is 0 Å². The van der Waals surface area contributed by atoms with E-state index in [4.69, 9.17) is 0 Å². The number of nitrogens with one attached hydrogen (secondary N) is 1. The van der Waals surface area contributed by atoms with E-state index in [0.29, 0.717) is 0 Å². The van der Waals surface area contributed by atoms with Crippen LogP contribution in [-0.2, 0) is 9.84 Å². The molecule has 1 saturated heterocycles. The van der Waals surface area contributed by atoms with Crippen LogP contribution in [0.15, 0.2) is 11.5 Å². The third-order valence-electron chi connectivity index (χ3n) is 2.52. The van der Waals surface area contributed by atoms with Crippen LogP contribution in [0.1, 0.15) is 13.8 Å². The molecule has 1 rings (SSSR count). The molecule has 1 N–H and O–H groups in total. The van der Waals surface area contributed by atoms with Gasteiger partial charge in [0.05, 0.1) is 5.25 Å². The van der Waals surface area contributed by atoms with Gasteiger partial charge in [-0.2, -0.15) is 0 Å². The monoisotopic (exact) mass is 232 g/mol. The zero-order valence-electron chi connectivity index (χ0n) is 9.44. The lowest BCUT2D eigenvalue weighted by atomic mass is 10.3. The highest BCUT2D eigenvalue weighted by Crippen LogP contribution is 2.02. The van der Waals surface area contributed by atoms with E-state index in [1.807, 2.05) is 0 Å². The molecule has 0 bridgehead atoms. The van der Waals surface area contributed by atoms with Gasteiger partial charge in [-0.1, -0.05) is 6.08 Å². The highest BCUT2D eigenvalue weighted by atomic mass is 32.2.